The van der Waals surface area contributed by atoms with E-state index in [0.717, 1.165) is 61.9 Å². The van der Waals surface area contributed by atoms with E-state index in [0.29, 0.717) is 18.1 Å². The Bertz CT molecular complexity index is 939. The Morgan fingerprint density at radius 3 is 2.86 bits per heavy atom. The number of aromatic nitrogens is 3. The molecule has 0 unspecified atom stereocenters. The molecule has 0 amide bonds. The summed E-state index contributed by atoms with van der Waals surface area (Å²) in [5.74, 6) is 1.38. The lowest BCUT2D eigenvalue weighted by molar-refractivity contribution is 0.0398. The number of nitrogens with zero attached hydrogens (tertiary/aromatic N) is 4. The van der Waals surface area contributed by atoms with E-state index < -0.39 is 0 Å². The number of hydrogen-bond acceptors (Lipinski definition) is 6. The normalized spacial score (nSPS) is 15.2. The molecule has 28 heavy (non-hydrogen) atoms. The molecule has 148 valence electrons. The van der Waals surface area contributed by atoms with Gasteiger partial charge in [0, 0.05) is 38.3 Å². The molecule has 0 saturated carbocycles. The van der Waals surface area contributed by atoms with Gasteiger partial charge in [0.2, 0.25) is 5.95 Å². The second-order valence-corrected chi connectivity index (χ2v) is 7.10. The highest BCUT2D eigenvalue weighted by Crippen LogP contribution is 2.25. The molecule has 3 heterocycles. The Kier molecular flexibility index (Phi) is 5.95. The summed E-state index contributed by atoms with van der Waals surface area (Å²) in [6.45, 7) is 5.62. The summed E-state index contributed by atoms with van der Waals surface area (Å²) < 4.78 is 7.45. The van der Waals surface area contributed by atoms with Crippen molar-refractivity contribution >= 4 is 28.6 Å². The first-order valence-corrected chi connectivity index (χ1v) is 10.00. The average Bonchev–Trinajstić information content (AvgIpc) is 3.07. The van der Waals surface area contributed by atoms with Crippen LogP contribution in [0.1, 0.15) is 11.3 Å². The maximum absolute atomic E-state index is 10.2. The van der Waals surface area contributed by atoms with Crippen molar-refractivity contribution in [2.75, 3.05) is 44.7 Å². The molecular weight excluding hydrogens is 378 g/mol. The minimum absolute atomic E-state index is 0.178. The quantitative estimate of drug-likeness (QED) is 0.593. The molecule has 8 heteroatoms. The molecule has 1 aliphatic rings. The number of pyridine rings is 1. The van der Waals surface area contributed by atoms with Gasteiger partial charge in [0.05, 0.1) is 30.8 Å². The summed E-state index contributed by atoms with van der Waals surface area (Å²) in [5.41, 5.74) is 3.49. The molecule has 0 spiro atoms. The van der Waals surface area contributed by atoms with Crippen molar-refractivity contribution in [1.82, 2.24) is 19.4 Å². The largest absolute Gasteiger partial charge is 0.506 e. The lowest BCUT2D eigenvalue weighted by atomic mass is 10.2. The number of nitrogens with one attached hydrogen (secondary N) is 1. The number of morpholine rings is 1. The number of benzene rings is 1. The molecule has 1 saturated heterocycles. The summed E-state index contributed by atoms with van der Waals surface area (Å²) in [7, 11) is 0. The van der Waals surface area contributed by atoms with Gasteiger partial charge >= 0.3 is 0 Å². The van der Waals surface area contributed by atoms with Crippen molar-refractivity contribution in [1.29, 1.82) is 0 Å². The molecule has 1 fully saturated rings. The molecule has 7 nitrogen and oxygen atoms in total. The highest BCUT2D eigenvalue weighted by Gasteiger charge is 2.15. The van der Waals surface area contributed by atoms with Crippen molar-refractivity contribution in [3.63, 3.8) is 0 Å². The number of aromatic hydroxyl groups is 1. The molecule has 4 rings (SSSR count). The summed E-state index contributed by atoms with van der Waals surface area (Å²) in [6, 6.07) is 9.38. The zero-order valence-corrected chi connectivity index (χ0v) is 16.4. The Labute approximate surface area is 168 Å². The molecule has 1 aliphatic heterocycles. The van der Waals surface area contributed by atoms with Crippen LogP contribution in [0.3, 0.4) is 0 Å². The Balaban J connectivity index is 1.59. The van der Waals surface area contributed by atoms with Crippen molar-refractivity contribution < 1.29 is 9.84 Å². The standard InChI is InChI=1S/C20H24ClN5O2/c21-13-15-3-4-16-18(12-15)26(14-17-19(27)2-1-5-22-17)20(24-16)23-6-7-25-8-10-28-11-9-25/h1-5,12,27H,6-11,13-14H2,(H,23,24). The lowest BCUT2D eigenvalue weighted by Crippen LogP contribution is -2.39. The summed E-state index contributed by atoms with van der Waals surface area (Å²) >= 11 is 6.03. The van der Waals surface area contributed by atoms with Gasteiger partial charge < -0.3 is 19.7 Å². The number of imidazole rings is 1. The van der Waals surface area contributed by atoms with Crippen LogP contribution in [0.4, 0.5) is 5.95 Å². The van der Waals surface area contributed by atoms with Crippen LogP contribution in [0.5, 0.6) is 5.75 Å². The Morgan fingerprint density at radius 2 is 2.07 bits per heavy atom. The van der Waals surface area contributed by atoms with E-state index in [-0.39, 0.29) is 5.75 Å². The molecule has 2 aromatic heterocycles. The number of halogens is 1. The number of anilines is 1. The molecular formula is C20H24ClN5O2. The van der Waals surface area contributed by atoms with Crippen LogP contribution in [-0.4, -0.2) is 63.9 Å². The van der Waals surface area contributed by atoms with Crippen LogP contribution in [0.25, 0.3) is 11.0 Å². The van der Waals surface area contributed by atoms with Crippen LogP contribution in [0.15, 0.2) is 36.5 Å². The summed E-state index contributed by atoms with van der Waals surface area (Å²) in [5, 5.41) is 13.6. The Morgan fingerprint density at radius 1 is 1.21 bits per heavy atom. The molecule has 3 aromatic rings. The van der Waals surface area contributed by atoms with Crippen molar-refractivity contribution in [2.24, 2.45) is 0 Å². The first-order valence-electron chi connectivity index (χ1n) is 9.46. The highest BCUT2D eigenvalue weighted by molar-refractivity contribution is 6.17. The van der Waals surface area contributed by atoms with Gasteiger partial charge in [-0.3, -0.25) is 9.88 Å². The average molecular weight is 402 g/mol. The number of ether oxygens (including phenoxy) is 1. The van der Waals surface area contributed by atoms with Crippen LogP contribution < -0.4 is 5.32 Å². The maximum Gasteiger partial charge on any atom is 0.204 e. The molecule has 0 bridgehead atoms. The first kappa shape index (κ1) is 19.0. The smallest absolute Gasteiger partial charge is 0.204 e. The van der Waals surface area contributed by atoms with Crippen LogP contribution in [-0.2, 0) is 17.2 Å². The molecule has 2 N–H and O–H groups in total. The fraction of sp³-hybridized carbons (Fsp3) is 0.400. The third-order valence-corrected chi connectivity index (χ3v) is 5.26. The van der Waals surface area contributed by atoms with Crippen LogP contribution in [0.2, 0.25) is 0 Å². The van der Waals surface area contributed by atoms with E-state index in [4.69, 9.17) is 21.3 Å². The Hall–Kier alpha value is -2.35. The van der Waals surface area contributed by atoms with E-state index >= 15 is 0 Å². The van der Waals surface area contributed by atoms with Gasteiger partial charge in [-0.25, -0.2) is 4.98 Å². The number of alkyl halides is 1. The molecule has 1 aromatic carbocycles. The number of rotatable bonds is 7. The zero-order valence-electron chi connectivity index (χ0n) is 15.6. The number of fused-ring (bicyclic) bond motifs is 1. The summed E-state index contributed by atoms with van der Waals surface area (Å²) in [6.07, 6.45) is 1.68. The third kappa shape index (κ3) is 4.22. The predicted molar refractivity (Wildman–Crippen MR) is 110 cm³/mol. The monoisotopic (exact) mass is 401 g/mol. The van der Waals surface area contributed by atoms with Gasteiger partial charge in [-0.1, -0.05) is 6.07 Å². The maximum atomic E-state index is 10.2. The number of hydrogen-bond donors (Lipinski definition) is 2. The zero-order chi connectivity index (χ0) is 19.3. The van der Waals surface area contributed by atoms with Gasteiger partial charge in [-0.05, 0) is 29.8 Å². The SMILES string of the molecule is Oc1cccnc1Cn1c(NCCN2CCOCC2)nc2ccc(CCl)cc21. The minimum Gasteiger partial charge on any atom is -0.506 e. The van der Waals surface area contributed by atoms with Crippen molar-refractivity contribution in [3.8, 4) is 5.75 Å². The highest BCUT2D eigenvalue weighted by atomic mass is 35.5. The third-order valence-electron chi connectivity index (χ3n) is 4.96. The van der Waals surface area contributed by atoms with E-state index in [9.17, 15) is 5.11 Å². The molecule has 0 atom stereocenters. The van der Waals surface area contributed by atoms with E-state index in [1.165, 1.54) is 0 Å². The van der Waals surface area contributed by atoms with E-state index in [1.54, 1.807) is 18.3 Å². The summed E-state index contributed by atoms with van der Waals surface area (Å²) in [4.78, 5) is 11.5. The van der Waals surface area contributed by atoms with Gasteiger partial charge in [0.15, 0.2) is 0 Å². The fourth-order valence-electron chi connectivity index (χ4n) is 3.40. The first-order chi connectivity index (χ1) is 13.7. The minimum atomic E-state index is 0.178. The fourth-order valence-corrected chi connectivity index (χ4v) is 3.56. The van der Waals surface area contributed by atoms with Crippen LogP contribution in [0, 0.1) is 0 Å². The van der Waals surface area contributed by atoms with Gasteiger partial charge in [0.25, 0.3) is 0 Å². The van der Waals surface area contributed by atoms with Gasteiger partial charge in [-0.15, -0.1) is 11.6 Å². The van der Waals surface area contributed by atoms with Crippen molar-refractivity contribution in [2.45, 2.75) is 12.4 Å². The van der Waals surface area contributed by atoms with E-state index in [2.05, 4.69) is 15.2 Å². The molecule has 0 radical (unpaired) electrons. The van der Waals surface area contributed by atoms with Gasteiger partial charge in [0.1, 0.15) is 11.4 Å². The topological polar surface area (TPSA) is 75.4 Å². The van der Waals surface area contributed by atoms with Crippen molar-refractivity contribution in [3.05, 3.63) is 47.8 Å². The molecule has 0 aliphatic carbocycles. The van der Waals surface area contributed by atoms with Crippen LogP contribution >= 0.6 is 11.6 Å². The second-order valence-electron chi connectivity index (χ2n) is 6.83. The predicted octanol–water partition coefficient (Wildman–Crippen LogP) is 2.67. The van der Waals surface area contributed by atoms with Gasteiger partial charge in [-0.2, -0.15) is 0 Å². The second kappa shape index (κ2) is 8.77. The van der Waals surface area contributed by atoms with E-state index in [1.807, 2.05) is 22.8 Å². The lowest BCUT2D eigenvalue weighted by Gasteiger charge is -2.26.